The molecular formula is C21H29ClN2O2. The lowest BCUT2D eigenvalue weighted by Gasteiger charge is -2.46. The van der Waals surface area contributed by atoms with Gasteiger partial charge < -0.3 is 15.1 Å². The van der Waals surface area contributed by atoms with Gasteiger partial charge in [0.1, 0.15) is 5.58 Å². The molecule has 0 aliphatic carbocycles. The fourth-order valence-electron chi connectivity index (χ4n) is 4.61. The molecule has 1 aromatic carbocycles. The van der Waals surface area contributed by atoms with Crippen molar-refractivity contribution in [3.05, 3.63) is 34.0 Å². The van der Waals surface area contributed by atoms with E-state index in [9.17, 15) is 4.79 Å². The summed E-state index contributed by atoms with van der Waals surface area (Å²) in [6.07, 6.45) is 3.82. The summed E-state index contributed by atoms with van der Waals surface area (Å²) in [5.41, 5.74) is 3.65. The van der Waals surface area contributed by atoms with Gasteiger partial charge in [0.05, 0.1) is 12.7 Å². The van der Waals surface area contributed by atoms with E-state index in [-0.39, 0.29) is 23.0 Å². The van der Waals surface area contributed by atoms with Crippen LogP contribution in [0.5, 0.6) is 0 Å². The maximum Gasteiger partial charge on any atom is 0.224 e. The van der Waals surface area contributed by atoms with Crippen LogP contribution in [0.3, 0.4) is 0 Å². The third kappa shape index (κ3) is 3.91. The van der Waals surface area contributed by atoms with Crippen molar-refractivity contribution in [2.75, 3.05) is 0 Å². The van der Waals surface area contributed by atoms with E-state index in [0.29, 0.717) is 6.42 Å². The number of carbonyl (C=O) groups excluding carboxylic acids is 1. The monoisotopic (exact) mass is 376 g/mol. The smallest absolute Gasteiger partial charge is 0.224 e. The van der Waals surface area contributed by atoms with Crippen LogP contribution in [0.15, 0.2) is 16.7 Å². The molecule has 1 aliphatic heterocycles. The van der Waals surface area contributed by atoms with Crippen molar-refractivity contribution in [3.63, 3.8) is 0 Å². The molecule has 0 radical (unpaired) electrons. The standard InChI is InChI=1S/C21H29ClN2O2/c1-12-7-16-18(13(2)19(12)22)14(11-26-16)8-17(25)23-15-9-20(3,4)24-21(5,6)10-15/h7,11,15,24H,8-10H2,1-6H3,(H,23,25). The number of fused-ring (bicyclic) bond motifs is 1. The minimum absolute atomic E-state index is 0.00364. The van der Waals surface area contributed by atoms with Crippen molar-refractivity contribution in [2.24, 2.45) is 0 Å². The second-order valence-corrected chi connectivity index (χ2v) is 9.39. The molecule has 0 saturated carbocycles. The van der Waals surface area contributed by atoms with Gasteiger partial charge in [-0.1, -0.05) is 11.6 Å². The number of carbonyl (C=O) groups is 1. The highest BCUT2D eigenvalue weighted by atomic mass is 35.5. The summed E-state index contributed by atoms with van der Waals surface area (Å²) in [4.78, 5) is 12.7. The average molecular weight is 377 g/mol. The molecule has 26 heavy (non-hydrogen) atoms. The van der Waals surface area contributed by atoms with Gasteiger partial charge in [-0.3, -0.25) is 4.79 Å². The zero-order valence-corrected chi connectivity index (χ0v) is 17.3. The maximum atomic E-state index is 12.7. The van der Waals surface area contributed by atoms with Crippen molar-refractivity contribution < 1.29 is 9.21 Å². The highest BCUT2D eigenvalue weighted by Crippen LogP contribution is 2.33. The Morgan fingerprint density at radius 1 is 1.27 bits per heavy atom. The van der Waals surface area contributed by atoms with Gasteiger partial charge in [-0.25, -0.2) is 0 Å². The Hall–Kier alpha value is -1.52. The molecule has 142 valence electrons. The Labute approximate surface area is 160 Å². The van der Waals surface area contributed by atoms with Gasteiger partial charge in [-0.15, -0.1) is 0 Å². The second kappa shape index (κ2) is 6.58. The fraction of sp³-hybridized carbons (Fsp3) is 0.571. The van der Waals surface area contributed by atoms with Crippen LogP contribution in [-0.4, -0.2) is 23.0 Å². The van der Waals surface area contributed by atoms with Crippen molar-refractivity contribution >= 4 is 28.5 Å². The normalized spacial score (nSPS) is 19.7. The summed E-state index contributed by atoms with van der Waals surface area (Å²) in [6, 6.07) is 2.10. The van der Waals surface area contributed by atoms with Crippen LogP contribution in [0.4, 0.5) is 0 Å². The number of piperidine rings is 1. The molecule has 2 heterocycles. The summed E-state index contributed by atoms with van der Waals surface area (Å²) in [7, 11) is 0. The van der Waals surface area contributed by atoms with Gasteiger partial charge in [0.25, 0.3) is 0 Å². The predicted octanol–water partition coefficient (Wildman–Crippen LogP) is 4.67. The molecule has 1 saturated heterocycles. The van der Waals surface area contributed by atoms with Crippen LogP contribution in [0, 0.1) is 13.8 Å². The first kappa shape index (κ1) is 19.2. The molecule has 1 aliphatic rings. The first-order valence-electron chi connectivity index (χ1n) is 9.22. The molecule has 2 aromatic rings. The SMILES string of the molecule is Cc1cc2occ(CC(=O)NC3CC(C)(C)NC(C)(C)C3)c2c(C)c1Cl. The summed E-state index contributed by atoms with van der Waals surface area (Å²) >= 11 is 6.39. The largest absolute Gasteiger partial charge is 0.464 e. The molecule has 0 spiro atoms. The van der Waals surface area contributed by atoms with Gasteiger partial charge in [0.15, 0.2) is 0 Å². The molecule has 2 N–H and O–H groups in total. The molecule has 1 fully saturated rings. The van der Waals surface area contributed by atoms with E-state index in [1.54, 1.807) is 6.26 Å². The maximum absolute atomic E-state index is 12.7. The Morgan fingerprint density at radius 2 is 1.88 bits per heavy atom. The van der Waals surface area contributed by atoms with Gasteiger partial charge in [0, 0.05) is 33.1 Å². The van der Waals surface area contributed by atoms with Crippen LogP contribution in [0.1, 0.15) is 57.2 Å². The molecule has 0 unspecified atom stereocenters. The third-order valence-corrected chi connectivity index (χ3v) is 5.78. The van der Waals surface area contributed by atoms with Crippen molar-refractivity contribution in [2.45, 2.75) is 77.9 Å². The summed E-state index contributed by atoms with van der Waals surface area (Å²) in [6.45, 7) is 12.7. The Kier molecular flexibility index (Phi) is 4.87. The number of aryl methyl sites for hydroxylation is 2. The Morgan fingerprint density at radius 3 is 2.50 bits per heavy atom. The number of halogens is 1. The van der Waals surface area contributed by atoms with Crippen LogP contribution in [0.2, 0.25) is 5.02 Å². The molecule has 0 bridgehead atoms. The predicted molar refractivity (Wildman–Crippen MR) is 107 cm³/mol. The van der Waals surface area contributed by atoms with Crippen LogP contribution in [-0.2, 0) is 11.2 Å². The topological polar surface area (TPSA) is 54.3 Å². The van der Waals surface area contributed by atoms with Gasteiger partial charge in [-0.2, -0.15) is 0 Å². The number of rotatable bonds is 3. The van der Waals surface area contributed by atoms with E-state index >= 15 is 0 Å². The van der Waals surface area contributed by atoms with E-state index in [4.69, 9.17) is 16.0 Å². The molecule has 1 aromatic heterocycles. The van der Waals surface area contributed by atoms with E-state index in [1.165, 1.54) is 0 Å². The Balaban J connectivity index is 1.77. The number of benzene rings is 1. The van der Waals surface area contributed by atoms with E-state index in [2.05, 4.69) is 38.3 Å². The lowest BCUT2D eigenvalue weighted by Crippen LogP contribution is -2.62. The van der Waals surface area contributed by atoms with Crippen molar-refractivity contribution in [1.29, 1.82) is 0 Å². The summed E-state index contributed by atoms with van der Waals surface area (Å²) in [5.74, 6) is 0.0299. The van der Waals surface area contributed by atoms with Gasteiger partial charge >= 0.3 is 0 Å². The molecule has 5 heteroatoms. The van der Waals surface area contributed by atoms with Gasteiger partial charge in [0.2, 0.25) is 5.91 Å². The van der Waals surface area contributed by atoms with E-state index < -0.39 is 0 Å². The van der Waals surface area contributed by atoms with Gasteiger partial charge in [-0.05, 0) is 71.6 Å². The minimum Gasteiger partial charge on any atom is -0.464 e. The molecule has 3 rings (SSSR count). The molecule has 0 atom stereocenters. The number of amides is 1. The lowest BCUT2D eigenvalue weighted by molar-refractivity contribution is -0.121. The lowest BCUT2D eigenvalue weighted by atomic mass is 9.79. The van der Waals surface area contributed by atoms with Crippen LogP contribution < -0.4 is 10.6 Å². The third-order valence-electron chi connectivity index (χ3n) is 5.20. The zero-order chi connectivity index (χ0) is 19.3. The number of hydrogen-bond donors (Lipinski definition) is 2. The van der Waals surface area contributed by atoms with E-state index in [0.717, 1.165) is 45.5 Å². The van der Waals surface area contributed by atoms with Crippen molar-refractivity contribution in [3.8, 4) is 0 Å². The molecule has 1 amide bonds. The minimum atomic E-state index is 0.00364. The number of hydrogen-bond acceptors (Lipinski definition) is 3. The second-order valence-electron chi connectivity index (χ2n) is 9.01. The zero-order valence-electron chi connectivity index (χ0n) is 16.5. The first-order chi connectivity index (χ1) is 12.0. The van der Waals surface area contributed by atoms with E-state index in [1.807, 2.05) is 19.9 Å². The number of furan rings is 1. The number of nitrogens with one attached hydrogen (secondary N) is 2. The summed E-state index contributed by atoms with van der Waals surface area (Å²) in [5, 5.41) is 8.57. The molecular weight excluding hydrogens is 348 g/mol. The quantitative estimate of drug-likeness (QED) is 0.818. The highest BCUT2D eigenvalue weighted by Gasteiger charge is 2.38. The first-order valence-corrected chi connectivity index (χ1v) is 9.60. The highest BCUT2D eigenvalue weighted by molar-refractivity contribution is 6.33. The average Bonchev–Trinajstić information content (AvgIpc) is 2.83. The van der Waals surface area contributed by atoms with Crippen LogP contribution in [0.25, 0.3) is 11.0 Å². The molecule has 4 nitrogen and oxygen atoms in total. The Bertz CT molecular complexity index is 835. The van der Waals surface area contributed by atoms with Crippen LogP contribution >= 0.6 is 11.6 Å². The summed E-state index contributed by atoms with van der Waals surface area (Å²) < 4.78 is 5.67. The fourth-order valence-corrected chi connectivity index (χ4v) is 4.76. The van der Waals surface area contributed by atoms with Crippen molar-refractivity contribution in [1.82, 2.24) is 10.6 Å².